The van der Waals surface area contributed by atoms with Crippen molar-refractivity contribution >= 4 is 17.3 Å². The summed E-state index contributed by atoms with van der Waals surface area (Å²) >= 11 is 1.70. The SMILES string of the molecule is CCc1nc(CN(CC)CCC(=O)OC)cs1. The summed E-state index contributed by atoms with van der Waals surface area (Å²) in [6.07, 6.45) is 1.42. The highest BCUT2D eigenvalue weighted by Crippen LogP contribution is 2.12. The number of carbonyl (C=O) groups is 1. The molecule has 1 heterocycles. The average Bonchev–Trinajstić information content (AvgIpc) is 2.81. The average molecular weight is 256 g/mol. The second-order valence-electron chi connectivity index (χ2n) is 3.78. The summed E-state index contributed by atoms with van der Waals surface area (Å²) < 4.78 is 4.64. The number of ether oxygens (including phenoxy) is 1. The van der Waals surface area contributed by atoms with Crippen LogP contribution in [0.1, 0.15) is 31.0 Å². The Morgan fingerprint density at radius 3 is 2.82 bits per heavy atom. The van der Waals surface area contributed by atoms with E-state index in [2.05, 4.69) is 33.8 Å². The summed E-state index contributed by atoms with van der Waals surface area (Å²) in [6, 6.07) is 0. The summed E-state index contributed by atoms with van der Waals surface area (Å²) in [5.74, 6) is -0.157. The first-order valence-corrected chi connectivity index (χ1v) is 6.80. The predicted octanol–water partition coefficient (Wildman–Crippen LogP) is 2.09. The maximum atomic E-state index is 11.1. The van der Waals surface area contributed by atoms with E-state index < -0.39 is 0 Å². The lowest BCUT2D eigenvalue weighted by atomic mass is 10.3. The molecule has 96 valence electrons. The minimum absolute atomic E-state index is 0.157. The zero-order valence-electron chi connectivity index (χ0n) is 10.7. The van der Waals surface area contributed by atoms with Crippen molar-refractivity contribution in [3.63, 3.8) is 0 Å². The number of aromatic nitrogens is 1. The molecule has 0 aliphatic rings. The Labute approximate surface area is 107 Å². The van der Waals surface area contributed by atoms with Gasteiger partial charge in [0, 0.05) is 18.5 Å². The number of methoxy groups -OCH3 is 1. The number of rotatable bonds is 7. The normalized spacial score (nSPS) is 10.8. The Hall–Kier alpha value is -0.940. The predicted molar refractivity (Wildman–Crippen MR) is 69.1 cm³/mol. The van der Waals surface area contributed by atoms with Gasteiger partial charge in [-0.15, -0.1) is 11.3 Å². The number of nitrogens with zero attached hydrogens (tertiary/aromatic N) is 2. The molecule has 0 fully saturated rings. The van der Waals surface area contributed by atoms with Crippen molar-refractivity contribution < 1.29 is 9.53 Å². The second-order valence-corrected chi connectivity index (χ2v) is 4.72. The highest BCUT2D eigenvalue weighted by atomic mass is 32.1. The molecule has 17 heavy (non-hydrogen) atoms. The molecule has 0 amide bonds. The summed E-state index contributed by atoms with van der Waals surface area (Å²) in [5, 5.41) is 3.27. The molecule has 5 heteroatoms. The van der Waals surface area contributed by atoms with Crippen molar-refractivity contribution in [1.29, 1.82) is 0 Å². The standard InChI is InChI=1S/C12H20N2O2S/c1-4-11-13-10(9-17-11)8-14(5-2)7-6-12(15)16-3/h9H,4-8H2,1-3H3. The van der Waals surface area contributed by atoms with Crippen molar-refractivity contribution in [2.75, 3.05) is 20.2 Å². The molecule has 0 saturated heterocycles. The molecule has 0 atom stereocenters. The van der Waals surface area contributed by atoms with Gasteiger partial charge in [-0.05, 0) is 13.0 Å². The molecule has 0 aliphatic heterocycles. The Balaban J connectivity index is 2.43. The van der Waals surface area contributed by atoms with Crippen LogP contribution in [-0.2, 0) is 22.5 Å². The fraction of sp³-hybridized carbons (Fsp3) is 0.667. The topological polar surface area (TPSA) is 42.4 Å². The minimum atomic E-state index is -0.157. The van der Waals surface area contributed by atoms with E-state index in [-0.39, 0.29) is 5.97 Å². The fourth-order valence-corrected chi connectivity index (χ4v) is 2.25. The van der Waals surface area contributed by atoms with E-state index >= 15 is 0 Å². The van der Waals surface area contributed by atoms with E-state index in [0.29, 0.717) is 6.42 Å². The molecule has 4 nitrogen and oxygen atoms in total. The lowest BCUT2D eigenvalue weighted by Gasteiger charge is -2.18. The van der Waals surface area contributed by atoms with Gasteiger partial charge in [-0.25, -0.2) is 4.98 Å². The van der Waals surface area contributed by atoms with Gasteiger partial charge in [-0.2, -0.15) is 0 Å². The molecule has 1 aromatic rings. The molecule has 0 unspecified atom stereocenters. The highest BCUT2D eigenvalue weighted by molar-refractivity contribution is 7.09. The molecule has 1 aromatic heterocycles. The smallest absolute Gasteiger partial charge is 0.306 e. The van der Waals surface area contributed by atoms with Crippen LogP contribution in [0, 0.1) is 0 Å². The van der Waals surface area contributed by atoms with Gasteiger partial charge in [0.15, 0.2) is 0 Å². The maximum absolute atomic E-state index is 11.1. The molecule has 0 aliphatic carbocycles. The molecule has 0 N–H and O–H groups in total. The number of hydrogen-bond acceptors (Lipinski definition) is 5. The summed E-state index contributed by atoms with van der Waals surface area (Å²) in [6.45, 7) is 6.64. The number of hydrogen-bond donors (Lipinski definition) is 0. The Bertz CT molecular complexity index is 352. The van der Waals surface area contributed by atoms with Gasteiger partial charge in [-0.3, -0.25) is 9.69 Å². The van der Waals surface area contributed by atoms with Gasteiger partial charge in [-0.1, -0.05) is 13.8 Å². The largest absolute Gasteiger partial charge is 0.469 e. The van der Waals surface area contributed by atoms with Gasteiger partial charge in [0.2, 0.25) is 0 Å². The fourth-order valence-electron chi connectivity index (χ4n) is 1.51. The first-order chi connectivity index (χ1) is 8.19. The Morgan fingerprint density at radius 2 is 2.29 bits per heavy atom. The van der Waals surface area contributed by atoms with E-state index in [4.69, 9.17) is 0 Å². The molecule has 0 spiro atoms. The number of carbonyl (C=O) groups excluding carboxylic acids is 1. The molecule has 0 aromatic carbocycles. The number of thiazole rings is 1. The third-order valence-electron chi connectivity index (χ3n) is 2.59. The van der Waals surface area contributed by atoms with Gasteiger partial charge >= 0.3 is 5.97 Å². The minimum Gasteiger partial charge on any atom is -0.469 e. The van der Waals surface area contributed by atoms with E-state index in [1.807, 2.05) is 0 Å². The van der Waals surface area contributed by atoms with Crippen LogP contribution in [0.4, 0.5) is 0 Å². The van der Waals surface area contributed by atoms with Crippen molar-refractivity contribution in [3.8, 4) is 0 Å². The highest BCUT2D eigenvalue weighted by Gasteiger charge is 2.09. The monoisotopic (exact) mass is 256 g/mol. The quantitative estimate of drug-likeness (QED) is 0.701. The zero-order chi connectivity index (χ0) is 12.7. The molecular weight excluding hydrogens is 236 g/mol. The van der Waals surface area contributed by atoms with Gasteiger partial charge < -0.3 is 4.74 Å². The number of aryl methyl sites for hydroxylation is 1. The van der Waals surface area contributed by atoms with E-state index in [1.54, 1.807) is 11.3 Å². The lowest BCUT2D eigenvalue weighted by molar-refractivity contribution is -0.141. The lowest BCUT2D eigenvalue weighted by Crippen LogP contribution is -2.26. The van der Waals surface area contributed by atoms with Crippen molar-refractivity contribution in [1.82, 2.24) is 9.88 Å². The molecule has 0 bridgehead atoms. The van der Waals surface area contributed by atoms with Crippen molar-refractivity contribution in [2.45, 2.75) is 33.2 Å². The molecule has 0 radical (unpaired) electrons. The summed E-state index contributed by atoms with van der Waals surface area (Å²) in [4.78, 5) is 17.8. The van der Waals surface area contributed by atoms with Gasteiger partial charge in [0.25, 0.3) is 0 Å². The van der Waals surface area contributed by atoms with Crippen LogP contribution in [0.3, 0.4) is 0 Å². The van der Waals surface area contributed by atoms with Gasteiger partial charge in [0.05, 0.1) is 24.2 Å². The Kier molecular flexibility index (Phi) is 6.15. The molecule has 0 saturated carbocycles. The third-order valence-corrected chi connectivity index (χ3v) is 3.64. The van der Waals surface area contributed by atoms with Crippen LogP contribution in [0.25, 0.3) is 0 Å². The van der Waals surface area contributed by atoms with Crippen LogP contribution in [0.15, 0.2) is 5.38 Å². The van der Waals surface area contributed by atoms with Crippen LogP contribution < -0.4 is 0 Å². The van der Waals surface area contributed by atoms with E-state index in [9.17, 15) is 4.79 Å². The molecular formula is C12H20N2O2S. The second kappa shape index (κ2) is 7.40. The van der Waals surface area contributed by atoms with Crippen molar-refractivity contribution in [3.05, 3.63) is 16.1 Å². The Morgan fingerprint density at radius 1 is 1.53 bits per heavy atom. The summed E-state index contributed by atoms with van der Waals surface area (Å²) in [7, 11) is 1.42. The first kappa shape index (κ1) is 14.1. The van der Waals surface area contributed by atoms with Crippen LogP contribution in [0.5, 0.6) is 0 Å². The molecule has 1 rings (SSSR count). The first-order valence-electron chi connectivity index (χ1n) is 5.92. The zero-order valence-corrected chi connectivity index (χ0v) is 11.5. The van der Waals surface area contributed by atoms with Crippen LogP contribution >= 0.6 is 11.3 Å². The number of esters is 1. The summed E-state index contributed by atoms with van der Waals surface area (Å²) in [5.41, 5.74) is 1.10. The van der Waals surface area contributed by atoms with E-state index in [1.165, 1.54) is 12.1 Å². The van der Waals surface area contributed by atoms with Crippen LogP contribution in [0.2, 0.25) is 0 Å². The third kappa shape index (κ3) is 4.83. The van der Waals surface area contributed by atoms with E-state index in [0.717, 1.165) is 31.7 Å². The van der Waals surface area contributed by atoms with Crippen molar-refractivity contribution in [2.24, 2.45) is 0 Å². The van der Waals surface area contributed by atoms with Gasteiger partial charge in [0.1, 0.15) is 0 Å². The maximum Gasteiger partial charge on any atom is 0.306 e. The van der Waals surface area contributed by atoms with Crippen LogP contribution in [-0.4, -0.2) is 36.1 Å².